The number of piperidine rings is 2. The summed E-state index contributed by atoms with van der Waals surface area (Å²) in [5, 5.41) is 6.40. The third kappa shape index (κ3) is 7.30. The zero-order valence-electron chi connectivity index (χ0n) is 40.1. The molecule has 9 heteroatoms. The maximum absolute atomic E-state index is 13.5. The molecule has 14 atom stereocenters. The minimum atomic E-state index is 0.0546. The van der Waals surface area contributed by atoms with E-state index in [4.69, 9.17) is 4.74 Å². The number of amides is 4. The Hall–Kier alpha value is -3.88. The Bertz CT molecular complexity index is 2080. The standard InChI is InChI=1S/C28H40N2O3.C27H38N2O2/c1-5-30-24-13-10-18-19-11-12-21(26(32)29-22-8-6-7-9-23(22)33-4)27(19,2)16-14-20(18)28(24,3)17-15-25(30)31;1-4-29-23-13-10-19-20-11-12-22(25(31)28-18-8-6-5-7-9-18)26(20,2)16-14-21(19)27(23,3)17-15-24(29)30/h6-9,18-21,24H,5,10-17H2,1-4H3,(H,29,32);5-9,19-23H,4,10-17H2,1-3H3,(H,28,31)/t18?,19?,20?,21-,24-,27+,28-;19-,20-,21-,22+,23+,26-,27+/m10/s1. The molecule has 2 aromatic carbocycles. The normalized spacial score (nSPS) is 40.9. The summed E-state index contributed by atoms with van der Waals surface area (Å²) in [6.45, 7) is 15.7. The summed E-state index contributed by atoms with van der Waals surface area (Å²) in [7, 11) is 1.65. The topological polar surface area (TPSA) is 108 Å². The number of rotatable bonds is 7. The fraction of sp³-hybridized carbons (Fsp3) is 0.709. The molecule has 2 aliphatic heterocycles. The maximum Gasteiger partial charge on any atom is 0.228 e. The number of methoxy groups -OCH3 is 1. The first-order chi connectivity index (χ1) is 30.7. The number of nitrogens with one attached hydrogen (secondary N) is 2. The van der Waals surface area contributed by atoms with Gasteiger partial charge in [-0.1, -0.05) is 58.0 Å². The third-order valence-corrected chi connectivity index (χ3v) is 20.5. The molecule has 4 amide bonds. The van der Waals surface area contributed by atoms with E-state index in [-0.39, 0.29) is 45.3 Å². The molecule has 0 aromatic heterocycles. The van der Waals surface area contributed by atoms with Gasteiger partial charge in [0.2, 0.25) is 23.6 Å². The quantitative estimate of drug-likeness (QED) is 0.288. The number of hydrogen-bond acceptors (Lipinski definition) is 5. The van der Waals surface area contributed by atoms with Crippen molar-refractivity contribution in [2.45, 2.75) is 156 Å². The van der Waals surface area contributed by atoms with E-state index in [0.29, 0.717) is 78.0 Å². The molecule has 3 unspecified atom stereocenters. The number of benzene rings is 2. The minimum Gasteiger partial charge on any atom is -0.495 e. The van der Waals surface area contributed by atoms with E-state index in [9.17, 15) is 19.2 Å². The van der Waals surface area contributed by atoms with E-state index in [2.05, 4.69) is 62.0 Å². The molecule has 0 radical (unpaired) electrons. The second-order valence-corrected chi connectivity index (χ2v) is 22.7. The molecule has 2 heterocycles. The van der Waals surface area contributed by atoms with E-state index >= 15 is 0 Å². The molecule has 0 spiro atoms. The van der Waals surface area contributed by atoms with Crippen molar-refractivity contribution in [1.82, 2.24) is 9.80 Å². The van der Waals surface area contributed by atoms with Crippen molar-refractivity contribution in [2.24, 2.45) is 69.0 Å². The van der Waals surface area contributed by atoms with E-state index in [1.807, 2.05) is 54.6 Å². The molecule has 8 aliphatic rings. The molecule has 6 saturated carbocycles. The van der Waals surface area contributed by atoms with Gasteiger partial charge in [-0.2, -0.15) is 0 Å². The van der Waals surface area contributed by atoms with Crippen LogP contribution in [0.5, 0.6) is 5.75 Å². The van der Waals surface area contributed by atoms with Crippen LogP contribution in [0.4, 0.5) is 11.4 Å². The van der Waals surface area contributed by atoms with Gasteiger partial charge in [0.05, 0.1) is 12.8 Å². The van der Waals surface area contributed by atoms with E-state index < -0.39 is 0 Å². The van der Waals surface area contributed by atoms with Crippen molar-refractivity contribution in [3.63, 3.8) is 0 Å². The summed E-state index contributed by atoms with van der Waals surface area (Å²) >= 11 is 0. The number of anilines is 2. The molecule has 9 nitrogen and oxygen atoms in total. The number of carbonyl (C=O) groups excluding carboxylic acids is 4. The van der Waals surface area contributed by atoms with Gasteiger partial charge in [-0.05, 0) is 185 Å². The SMILES string of the molecule is CCN1C(=O)CC[C@]2(C)C3CC[C@@]4(C)C(CC[C@@H]4C(=O)Nc4ccccc4OC)C3CC[C@@H]12.CCN1C(=O)CC[C@]2(C)[C@H]3CC[C@]4(C)[C@@H](C(=O)Nc5ccccc5)CC[C@H]4[C@@H]3CC[C@@H]12. The molecular formula is C55H78N4O5. The van der Waals surface area contributed by atoms with Gasteiger partial charge < -0.3 is 25.2 Å². The Labute approximate surface area is 384 Å². The lowest BCUT2D eigenvalue weighted by Gasteiger charge is -2.62. The molecule has 2 saturated heterocycles. The molecule has 6 aliphatic carbocycles. The van der Waals surface area contributed by atoms with Crippen LogP contribution in [0, 0.1) is 69.0 Å². The second-order valence-electron chi connectivity index (χ2n) is 22.7. The smallest absolute Gasteiger partial charge is 0.228 e. The number of carbonyl (C=O) groups is 4. The van der Waals surface area contributed by atoms with Gasteiger partial charge in [-0.25, -0.2) is 0 Å². The van der Waals surface area contributed by atoms with Crippen LogP contribution in [0.3, 0.4) is 0 Å². The first kappa shape index (κ1) is 45.3. The van der Waals surface area contributed by atoms with Gasteiger partial charge in [0.1, 0.15) is 5.75 Å². The van der Waals surface area contributed by atoms with Crippen LogP contribution < -0.4 is 15.4 Å². The lowest BCUT2D eigenvalue weighted by molar-refractivity contribution is -0.162. The molecule has 0 bridgehead atoms. The predicted molar refractivity (Wildman–Crippen MR) is 253 cm³/mol. The maximum atomic E-state index is 13.5. The van der Waals surface area contributed by atoms with Gasteiger partial charge in [-0.3, -0.25) is 19.2 Å². The molecule has 2 aromatic rings. The van der Waals surface area contributed by atoms with Crippen LogP contribution in [-0.2, 0) is 19.2 Å². The third-order valence-electron chi connectivity index (χ3n) is 20.5. The van der Waals surface area contributed by atoms with Crippen molar-refractivity contribution < 1.29 is 23.9 Å². The summed E-state index contributed by atoms with van der Waals surface area (Å²) in [6, 6.07) is 18.4. The number of likely N-dealkylation sites (tertiary alicyclic amines) is 2. The highest BCUT2D eigenvalue weighted by Gasteiger charge is 2.64. The Morgan fingerprint density at radius 2 is 1.02 bits per heavy atom. The Kier molecular flexibility index (Phi) is 12.3. The number of para-hydroxylation sites is 3. The first-order valence-electron chi connectivity index (χ1n) is 25.6. The molecule has 348 valence electrons. The van der Waals surface area contributed by atoms with Crippen molar-refractivity contribution in [3.8, 4) is 5.75 Å². The van der Waals surface area contributed by atoms with Gasteiger partial charge in [0, 0.05) is 55.5 Å². The fourth-order valence-corrected chi connectivity index (χ4v) is 17.4. The van der Waals surface area contributed by atoms with Crippen molar-refractivity contribution in [1.29, 1.82) is 0 Å². The van der Waals surface area contributed by atoms with Crippen molar-refractivity contribution in [3.05, 3.63) is 54.6 Å². The summed E-state index contributed by atoms with van der Waals surface area (Å²) in [4.78, 5) is 56.3. The highest BCUT2D eigenvalue weighted by Crippen LogP contribution is 2.68. The van der Waals surface area contributed by atoms with Gasteiger partial charge in [0.25, 0.3) is 0 Å². The molecule has 8 fully saturated rings. The lowest BCUT2D eigenvalue weighted by atomic mass is 9.46. The van der Waals surface area contributed by atoms with Gasteiger partial charge in [-0.15, -0.1) is 0 Å². The van der Waals surface area contributed by atoms with Crippen LogP contribution in [0.2, 0.25) is 0 Å². The highest BCUT2D eigenvalue weighted by atomic mass is 16.5. The Morgan fingerprint density at radius 1 is 0.562 bits per heavy atom. The van der Waals surface area contributed by atoms with Crippen LogP contribution in [0.25, 0.3) is 0 Å². The zero-order valence-corrected chi connectivity index (χ0v) is 40.1. The largest absolute Gasteiger partial charge is 0.495 e. The predicted octanol–water partition coefficient (Wildman–Crippen LogP) is 11.0. The lowest BCUT2D eigenvalue weighted by Crippen LogP contribution is -2.62. The van der Waals surface area contributed by atoms with Crippen LogP contribution in [0.1, 0.15) is 144 Å². The van der Waals surface area contributed by atoms with E-state index in [0.717, 1.165) is 82.3 Å². The minimum absolute atomic E-state index is 0.0546. The zero-order chi connectivity index (χ0) is 45.2. The number of nitrogens with zero attached hydrogens (tertiary/aromatic N) is 2. The monoisotopic (exact) mass is 875 g/mol. The van der Waals surface area contributed by atoms with Crippen LogP contribution >= 0.6 is 0 Å². The van der Waals surface area contributed by atoms with Crippen LogP contribution in [-0.4, -0.2) is 65.7 Å². The molecule has 2 N–H and O–H groups in total. The summed E-state index contributed by atoms with van der Waals surface area (Å²) in [5.74, 6) is 5.99. The summed E-state index contributed by atoms with van der Waals surface area (Å²) in [6.07, 6.45) is 17.2. The molecule has 64 heavy (non-hydrogen) atoms. The van der Waals surface area contributed by atoms with Gasteiger partial charge >= 0.3 is 0 Å². The fourth-order valence-electron chi connectivity index (χ4n) is 17.4. The Morgan fingerprint density at radius 3 is 1.50 bits per heavy atom. The summed E-state index contributed by atoms with van der Waals surface area (Å²) in [5.41, 5.74) is 2.33. The van der Waals surface area contributed by atoms with Gasteiger partial charge in [0.15, 0.2) is 0 Å². The van der Waals surface area contributed by atoms with Crippen molar-refractivity contribution in [2.75, 3.05) is 30.8 Å². The van der Waals surface area contributed by atoms with E-state index in [1.54, 1.807) is 7.11 Å². The van der Waals surface area contributed by atoms with E-state index in [1.165, 1.54) is 32.1 Å². The first-order valence-corrected chi connectivity index (χ1v) is 25.6. The average Bonchev–Trinajstić information content (AvgIpc) is 3.84. The number of hydrogen-bond donors (Lipinski definition) is 2. The number of ether oxygens (including phenoxy) is 1. The van der Waals surface area contributed by atoms with Crippen molar-refractivity contribution >= 4 is 35.0 Å². The average molecular weight is 875 g/mol. The highest BCUT2D eigenvalue weighted by molar-refractivity contribution is 5.95. The molecular weight excluding hydrogens is 797 g/mol. The summed E-state index contributed by atoms with van der Waals surface area (Å²) < 4.78 is 5.46. The van der Waals surface area contributed by atoms with Crippen LogP contribution in [0.15, 0.2) is 54.6 Å². The molecule has 10 rings (SSSR count). The Balaban J connectivity index is 0.000000162. The second kappa shape index (κ2) is 17.4. The number of fused-ring (bicyclic) bond motifs is 10.